The van der Waals surface area contributed by atoms with Crippen molar-refractivity contribution >= 4 is 11.9 Å². The summed E-state index contributed by atoms with van der Waals surface area (Å²) < 4.78 is 0. The predicted molar refractivity (Wildman–Crippen MR) is 99.9 cm³/mol. The Morgan fingerprint density at radius 1 is 1.15 bits per heavy atom. The van der Waals surface area contributed by atoms with Gasteiger partial charge in [0, 0.05) is 38.1 Å². The Morgan fingerprint density at radius 3 is 2.58 bits per heavy atom. The van der Waals surface area contributed by atoms with Gasteiger partial charge in [0.2, 0.25) is 11.9 Å². The first kappa shape index (κ1) is 17.7. The first-order chi connectivity index (χ1) is 12.6. The van der Waals surface area contributed by atoms with Crippen LogP contribution in [0.1, 0.15) is 57.4 Å². The van der Waals surface area contributed by atoms with Crippen molar-refractivity contribution < 1.29 is 9.90 Å². The molecule has 1 N–H and O–H groups in total. The molecule has 1 aromatic heterocycles. The monoisotopic (exact) mass is 358 g/mol. The van der Waals surface area contributed by atoms with E-state index in [-0.39, 0.29) is 11.5 Å². The Balaban J connectivity index is 1.46. The number of carbonyl (C=O) groups excluding carboxylic acids is 1. The molecular formula is C20H30N4O2. The molecule has 0 unspecified atom stereocenters. The van der Waals surface area contributed by atoms with Gasteiger partial charge in [-0.2, -0.15) is 0 Å². The molecule has 3 aliphatic rings. The molecule has 0 radical (unpaired) electrons. The van der Waals surface area contributed by atoms with E-state index in [1.807, 2.05) is 12.4 Å². The van der Waals surface area contributed by atoms with Crippen LogP contribution in [-0.2, 0) is 11.2 Å². The van der Waals surface area contributed by atoms with E-state index in [0.29, 0.717) is 11.9 Å². The molecule has 142 valence electrons. The second-order valence-electron chi connectivity index (χ2n) is 8.26. The van der Waals surface area contributed by atoms with E-state index in [2.05, 4.69) is 26.7 Å². The van der Waals surface area contributed by atoms with Crippen LogP contribution in [0.5, 0.6) is 0 Å². The van der Waals surface area contributed by atoms with Gasteiger partial charge in [-0.3, -0.25) is 4.79 Å². The lowest BCUT2D eigenvalue weighted by atomic mass is 9.78. The standard InChI is InChI=1S/C20H30N4O2/c1-2-15-12-21-19(22-13-15)23-10-3-8-20(14-23)9-11-24(18(20)26)16-4-6-17(25)7-5-16/h12-13,16-17,25H,2-11,14H2,1H3/t16?,17?,20-/m0/s1. The van der Waals surface area contributed by atoms with Crippen LogP contribution < -0.4 is 4.90 Å². The molecule has 1 saturated carbocycles. The van der Waals surface area contributed by atoms with E-state index in [9.17, 15) is 9.90 Å². The van der Waals surface area contributed by atoms with Crippen molar-refractivity contribution in [1.82, 2.24) is 14.9 Å². The molecule has 6 nitrogen and oxygen atoms in total. The first-order valence-electron chi connectivity index (χ1n) is 10.2. The van der Waals surface area contributed by atoms with E-state index in [1.165, 1.54) is 0 Å². The summed E-state index contributed by atoms with van der Waals surface area (Å²) in [6.45, 7) is 4.63. The predicted octanol–water partition coefficient (Wildman–Crippen LogP) is 2.16. The molecule has 1 aromatic rings. The zero-order valence-corrected chi connectivity index (χ0v) is 15.7. The molecule has 1 amide bonds. The number of aromatic nitrogens is 2. The Hall–Kier alpha value is -1.69. The summed E-state index contributed by atoms with van der Waals surface area (Å²) in [5.74, 6) is 1.09. The summed E-state index contributed by atoms with van der Waals surface area (Å²) in [4.78, 5) is 26.7. The maximum Gasteiger partial charge on any atom is 0.230 e. The zero-order valence-electron chi connectivity index (χ0n) is 15.7. The molecule has 0 aromatic carbocycles. The highest BCUT2D eigenvalue weighted by Crippen LogP contribution is 2.43. The van der Waals surface area contributed by atoms with Crippen LogP contribution in [0, 0.1) is 5.41 Å². The number of rotatable bonds is 3. The number of nitrogens with zero attached hydrogens (tertiary/aromatic N) is 4. The van der Waals surface area contributed by atoms with Gasteiger partial charge in [-0.15, -0.1) is 0 Å². The average molecular weight is 358 g/mol. The Kier molecular flexibility index (Phi) is 4.86. The fraction of sp³-hybridized carbons (Fsp3) is 0.750. The van der Waals surface area contributed by atoms with E-state index in [0.717, 1.165) is 82.5 Å². The zero-order chi connectivity index (χ0) is 18.1. The van der Waals surface area contributed by atoms with Crippen molar-refractivity contribution in [3.8, 4) is 0 Å². The third-order valence-electron chi connectivity index (χ3n) is 6.61. The van der Waals surface area contributed by atoms with Crippen LogP contribution >= 0.6 is 0 Å². The SMILES string of the molecule is CCc1cnc(N2CCC[C@]3(CCN(C4CCC(O)CC4)C3=O)C2)nc1. The summed E-state index contributed by atoms with van der Waals surface area (Å²) >= 11 is 0. The fourth-order valence-electron chi connectivity index (χ4n) is 4.94. The van der Waals surface area contributed by atoms with E-state index in [1.54, 1.807) is 0 Å². The summed E-state index contributed by atoms with van der Waals surface area (Å²) in [6, 6.07) is 0.320. The third kappa shape index (κ3) is 3.20. The molecule has 26 heavy (non-hydrogen) atoms. The van der Waals surface area contributed by atoms with Crippen LogP contribution in [-0.4, -0.2) is 57.7 Å². The van der Waals surface area contributed by atoms with Crippen molar-refractivity contribution in [2.45, 2.75) is 70.4 Å². The topological polar surface area (TPSA) is 69.6 Å². The van der Waals surface area contributed by atoms with E-state index >= 15 is 0 Å². The number of aryl methyl sites for hydroxylation is 1. The van der Waals surface area contributed by atoms with Gasteiger partial charge in [-0.1, -0.05) is 6.92 Å². The number of likely N-dealkylation sites (tertiary alicyclic amines) is 1. The van der Waals surface area contributed by atoms with Crippen molar-refractivity contribution in [2.24, 2.45) is 5.41 Å². The molecule has 0 bridgehead atoms. The molecule has 3 fully saturated rings. The molecular weight excluding hydrogens is 328 g/mol. The number of hydrogen-bond donors (Lipinski definition) is 1. The Morgan fingerprint density at radius 2 is 1.88 bits per heavy atom. The van der Waals surface area contributed by atoms with E-state index in [4.69, 9.17) is 0 Å². The first-order valence-corrected chi connectivity index (χ1v) is 10.2. The van der Waals surface area contributed by atoms with Gasteiger partial charge >= 0.3 is 0 Å². The summed E-state index contributed by atoms with van der Waals surface area (Å²) in [5, 5.41) is 9.75. The molecule has 1 spiro atoms. The molecule has 1 aliphatic carbocycles. The maximum absolute atomic E-state index is 13.3. The summed E-state index contributed by atoms with van der Waals surface area (Å²) in [7, 11) is 0. The minimum Gasteiger partial charge on any atom is -0.393 e. The fourth-order valence-corrected chi connectivity index (χ4v) is 4.94. The van der Waals surface area contributed by atoms with Crippen LogP contribution in [0.3, 0.4) is 0 Å². The van der Waals surface area contributed by atoms with Crippen LogP contribution in [0.4, 0.5) is 5.95 Å². The normalized spacial score (nSPS) is 32.5. The van der Waals surface area contributed by atoms with Crippen molar-refractivity contribution in [3.63, 3.8) is 0 Å². The van der Waals surface area contributed by atoms with Crippen LogP contribution in [0.15, 0.2) is 12.4 Å². The van der Waals surface area contributed by atoms with Gasteiger partial charge in [0.25, 0.3) is 0 Å². The quantitative estimate of drug-likeness (QED) is 0.897. The lowest BCUT2D eigenvalue weighted by molar-refractivity contribution is -0.139. The molecule has 2 saturated heterocycles. The van der Waals surface area contributed by atoms with Crippen LogP contribution in [0.25, 0.3) is 0 Å². The van der Waals surface area contributed by atoms with Gasteiger partial charge < -0.3 is 14.9 Å². The highest BCUT2D eigenvalue weighted by atomic mass is 16.3. The number of carbonyl (C=O) groups is 1. The van der Waals surface area contributed by atoms with E-state index < -0.39 is 0 Å². The van der Waals surface area contributed by atoms with Gasteiger partial charge in [-0.25, -0.2) is 9.97 Å². The number of hydrogen-bond acceptors (Lipinski definition) is 5. The van der Waals surface area contributed by atoms with Gasteiger partial charge in [0.05, 0.1) is 11.5 Å². The Labute approximate surface area is 155 Å². The number of piperidine rings is 1. The minimum atomic E-state index is -0.263. The smallest absolute Gasteiger partial charge is 0.230 e. The van der Waals surface area contributed by atoms with Crippen molar-refractivity contribution in [1.29, 1.82) is 0 Å². The minimum absolute atomic E-state index is 0.175. The second-order valence-corrected chi connectivity index (χ2v) is 8.26. The summed E-state index contributed by atoms with van der Waals surface area (Å²) in [6.07, 6.45) is 11.0. The van der Waals surface area contributed by atoms with Gasteiger partial charge in [-0.05, 0) is 56.9 Å². The molecule has 2 aliphatic heterocycles. The average Bonchev–Trinajstić information content (AvgIpc) is 2.98. The highest BCUT2D eigenvalue weighted by molar-refractivity contribution is 5.86. The van der Waals surface area contributed by atoms with Crippen molar-refractivity contribution in [2.75, 3.05) is 24.5 Å². The number of aliphatic hydroxyl groups excluding tert-OH is 1. The lowest BCUT2D eigenvalue weighted by Crippen LogP contribution is -2.50. The summed E-state index contributed by atoms with van der Waals surface area (Å²) in [5.41, 5.74) is 0.879. The molecule has 4 rings (SSSR count). The van der Waals surface area contributed by atoms with Gasteiger partial charge in [0.1, 0.15) is 0 Å². The van der Waals surface area contributed by atoms with Crippen LogP contribution in [0.2, 0.25) is 0 Å². The van der Waals surface area contributed by atoms with Crippen molar-refractivity contribution in [3.05, 3.63) is 18.0 Å². The maximum atomic E-state index is 13.3. The number of amides is 1. The molecule has 6 heteroatoms. The van der Waals surface area contributed by atoms with Gasteiger partial charge in [0.15, 0.2) is 0 Å². The highest BCUT2D eigenvalue weighted by Gasteiger charge is 2.50. The number of anilines is 1. The lowest BCUT2D eigenvalue weighted by Gasteiger charge is -2.40. The Bertz CT molecular complexity index is 642. The third-order valence-corrected chi connectivity index (χ3v) is 6.61. The molecule has 1 atom stereocenters. The number of aliphatic hydroxyl groups is 1. The molecule has 3 heterocycles. The second kappa shape index (κ2) is 7.14. The largest absolute Gasteiger partial charge is 0.393 e.